The lowest BCUT2D eigenvalue weighted by Gasteiger charge is -2.11. The first-order chi connectivity index (χ1) is 13.4. The number of aromatic amines is 1. The van der Waals surface area contributed by atoms with E-state index >= 15 is 0 Å². The van der Waals surface area contributed by atoms with Gasteiger partial charge in [-0.3, -0.25) is 5.10 Å². The van der Waals surface area contributed by atoms with Gasteiger partial charge in [0, 0.05) is 22.6 Å². The molecule has 6 nitrogen and oxygen atoms in total. The highest BCUT2D eigenvalue weighted by molar-refractivity contribution is 9.09. The van der Waals surface area contributed by atoms with Crippen LogP contribution in [0, 0.1) is 0 Å². The molecular formula is C19H21BrClN3O3S. The molecule has 0 spiro atoms. The summed E-state index contributed by atoms with van der Waals surface area (Å²) >= 11 is 9.42. The number of nitrogens with zero attached hydrogens (tertiary/aromatic N) is 1. The number of H-pyrrole nitrogens is 1. The Labute approximate surface area is 177 Å². The third-order valence-corrected chi connectivity index (χ3v) is 6.76. The lowest BCUT2D eigenvalue weighted by Crippen LogP contribution is -2.25. The lowest BCUT2D eigenvalue weighted by molar-refractivity contribution is 0.290. The van der Waals surface area contributed by atoms with Gasteiger partial charge in [-0.15, -0.1) is 0 Å². The number of aryl methyl sites for hydroxylation is 1. The van der Waals surface area contributed by atoms with Crippen LogP contribution in [0.25, 0.3) is 10.9 Å². The van der Waals surface area contributed by atoms with Crippen LogP contribution in [0.3, 0.4) is 0 Å². The van der Waals surface area contributed by atoms with Crippen molar-refractivity contribution in [3.05, 3.63) is 53.2 Å². The lowest BCUT2D eigenvalue weighted by atomic mass is 10.1. The second-order valence-corrected chi connectivity index (χ2v) is 9.50. The smallest absolute Gasteiger partial charge is 0.240 e. The molecule has 0 saturated carbocycles. The minimum atomic E-state index is -3.57. The van der Waals surface area contributed by atoms with Crippen LogP contribution in [-0.4, -0.2) is 30.2 Å². The van der Waals surface area contributed by atoms with Gasteiger partial charge in [-0.25, -0.2) is 13.1 Å². The first-order valence-corrected chi connectivity index (χ1v) is 11.7. The van der Waals surface area contributed by atoms with Gasteiger partial charge in [0.25, 0.3) is 0 Å². The molecule has 0 aliphatic rings. The van der Waals surface area contributed by atoms with Crippen molar-refractivity contribution in [3.63, 3.8) is 0 Å². The summed E-state index contributed by atoms with van der Waals surface area (Å²) in [5.74, 6) is 0.618. The zero-order valence-electron chi connectivity index (χ0n) is 15.3. The van der Waals surface area contributed by atoms with E-state index in [1.165, 1.54) is 12.1 Å². The Morgan fingerprint density at radius 1 is 1.25 bits per heavy atom. The van der Waals surface area contributed by atoms with Crippen LogP contribution >= 0.6 is 27.5 Å². The molecule has 150 valence electrons. The van der Waals surface area contributed by atoms with Gasteiger partial charge in [-0.2, -0.15) is 5.10 Å². The van der Waals surface area contributed by atoms with Crippen molar-refractivity contribution < 1.29 is 13.2 Å². The molecular weight excluding hydrogens is 466 g/mol. The highest BCUT2D eigenvalue weighted by Crippen LogP contribution is 2.22. The summed E-state index contributed by atoms with van der Waals surface area (Å²) in [5, 5.41) is 8.74. The number of fused-ring (bicyclic) bond motifs is 1. The van der Waals surface area contributed by atoms with Gasteiger partial charge in [-0.1, -0.05) is 18.5 Å². The van der Waals surface area contributed by atoms with Gasteiger partial charge >= 0.3 is 0 Å². The molecule has 0 aliphatic heterocycles. The van der Waals surface area contributed by atoms with E-state index < -0.39 is 10.0 Å². The Bertz CT molecular complexity index is 1040. The first-order valence-electron chi connectivity index (χ1n) is 8.92. The van der Waals surface area contributed by atoms with Gasteiger partial charge in [0.05, 0.1) is 10.4 Å². The number of sulfonamides is 1. The molecule has 3 rings (SSSR count). The van der Waals surface area contributed by atoms with E-state index in [-0.39, 0.29) is 9.91 Å². The van der Waals surface area contributed by atoms with E-state index in [1.807, 2.05) is 19.1 Å². The van der Waals surface area contributed by atoms with Crippen molar-refractivity contribution in [2.24, 2.45) is 0 Å². The van der Waals surface area contributed by atoms with Crippen LogP contribution in [0.15, 0.2) is 47.4 Å². The van der Waals surface area contributed by atoms with Crippen molar-refractivity contribution in [1.82, 2.24) is 14.9 Å². The Morgan fingerprint density at radius 3 is 2.71 bits per heavy atom. The van der Waals surface area contributed by atoms with Gasteiger partial charge < -0.3 is 4.74 Å². The molecule has 0 fully saturated rings. The van der Waals surface area contributed by atoms with E-state index in [0.29, 0.717) is 30.2 Å². The molecule has 0 saturated heterocycles. The molecule has 0 aliphatic carbocycles. The minimum absolute atomic E-state index is 0.0958. The highest BCUT2D eigenvalue weighted by atomic mass is 79.9. The Balaban J connectivity index is 1.55. The number of hydrogen-bond acceptors (Lipinski definition) is 4. The molecule has 0 radical (unpaired) electrons. The SMILES string of the molecule is CCC(Br)Oc1ccc(S(=O)(=O)NCCCc2[nH]nc3ccc(Cl)cc23)cc1. The third kappa shape index (κ3) is 5.26. The standard InChI is InChI=1S/C19H21BrClN3O3S/c1-2-19(20)27-14-6-8-15(9-7-14)28(25,26)22-11-3-4-17-16-12-13(21)5-10-18(16)24-23-17/h5-10,12,19,22H,2-4,11H2,1H3,(H,23,24). The second-order valence-electron chi connectivity index (χ2n) is 6.27. The number of halogens is 2. The monoisotopic (exact) mass is 485 g/mol. The van der Waals surface area contributed by atoms with Crippen LogP contribution in [0.1, 0.15) is 25.5 Å². The summed E-state index contributed by atoms with van der Waals surface area (Å²) < 4.78 is 33.1. The van der Waals surface area contributed by atoms with Gasteiger partial charge in [0.2, 0.25) is 10.0 Å². The number of rotatable bonds is 9. The molecule has 1 unspecified atom stereocenters. The van der Waals surface area contributed by atoms with Crippen LogP contribution in [-0.2, 0) is 16.4 Å². The van der Waals surface area contributed by atoms with Crippen molar-refractivity contribution in [1.29, 1.82) is 0 Å². The fourth-order valence-electron chi connectivity index (χ4n) is 2.71. The maximum absolute atomic E-state index is 12.4. The summed E-state index contributed by atoms with van der Waals surface area (Å²) in [7, 11) is -3.57. The minimum Gasteiger partial charge on any atom is -0.479 e. The summed E-state index contributed by atoms with van der Waals surface area (Å²) in [4.78, 5) is 0.209. The number of nitrogens with one attached hydrogen (secondary N) is 2. The van der Waals surface area contributed by atoms with Crippen LogP contribution in [0.4, 0.5) is 0 Å². The molecule has 3 aromatic rings. The highest BCUT2D eigenvalue weighted by Gasteiger charge is 2.14. The molecule has 28 heavy (non-hydrogen) atoms. The number of benzene rings is 2. The average Bonchev–Trinajstić information content (AvgIpc) is 3.07. The Morgan fingerprint density at radius 2 is 2.00 bits per heavy atom. The second kappa shape index (κ2) is 9.26. The predicted octanol–water partition coefficient (Wildman–Crippen LogP) is 4.64. The van der Waals surface area contributed by atoms with Crippen LogP contribution in [0.5, 0.6) is 5.75 Å². The largest absolute Gasteiger partial charge is 0.479 e. The fraction of sp³-hybridized carbons (Fsp3) is 0.316. The molecule has 1 atom stereocenters. The van der Waals surface area contributed by atoms with Crippen molar-refractivity contribution in [3.8, 4) is 5.75 Å². The van der Waals surface area contributed by atoms with E-state index in [9.17, 15) is 8.42 Å². The molecule has 2 N–H and O–H groups in total. The molecule has 1 aromatic heterocycles. The number of hydrogen-bond donors (Lipinski definition) is 2. The van der Waals surface area contributed by atoms with Crippen LogP contribution < -0.4 is 9.46 Å². The molecule has 9 heteroatoms. The predicted molar refractivity (Wildman–Crippen MR) is 115 cm³/mol. The first kappa shape index (κ1) is 21.1. The molecule has 0 bridgehead atoms. The quantitative estimate of drug-likeness (QED) is 0.341. The van der Waals surface area contributed by atoms with Gasteiger partial charge in [-0.05, 0) is 77.7 Å². The van der Waals surface area contributed by atoms with E-state index in [1.54, 1.807) is 18.2 Å². The summed E-state index contributed by atoms with van der Waals surface area (Å²) in [6.45, 7) is 2.31. The van der Waals surface area contributed by atoms with Crippen molar-refractivity contribution >= 4 is 48.5 Å². The number of ether oxygens (including phenoxy) is 1. The maximum Gasteiger partial charge on any atom is 0.240 e. The van der Waals surface area contributed by atoms with Crippen molar-refractivity contribution in [2.75, 3.05) is 6.54 Å². The zero-order valence-corrected chi connectivity index (χ0v) is 18.4. The van der Waals surface area contributed by atoms with Crippen molar-refractivity contribution in [2.45, 2.75) is 36.1 Å². The molecule has 1 heterocycles. The van der Waals surface area contributed by atoms with E-state index in [2.05, 4.69) is 30.8 Å². The normalized spacial score (nSPS) is 13.0. The summed E-state index contributed by atoms with van der Waals surface area (Å²) in [5.41, 5.74) is 1.79. The van der Waals surface area contributed by atoms with Crippen LogP contribution in [0.2, 0.25) is 5.02 Å². The topological polar surface area (TPSA) is 84.1 Å². The fourth-order valence-corrected chi connectivity index (χ4v) is 4.17. The number of alkyl halides is 1. The van der Waals surface area contributed by atoms with E-state index in [4.69, 9.17) is 16.3 Å². The molecule has 2 aromatic carbocycles. The summed E-state index contributed by atoms with van der Waals surface area (Å²) in [6.07, 6.45) is 2.10. The van der Waals surface area contributed by atoms with Gasteiger partial charge in [0.15, 0.2) is 5.01 Å². The average molecular weight is 487 g/mol. The maximum atomic E-state index is 12.4. The third-order valence-electron chi connectivity index (χ3n) is 4.21. The Hall–Kier alpha value is -1.61. The number of aromatic nitrogens is 2. The van der Waals surface area contributed by atoms with E-state index in [0.717, 1.165) is 23.0 Å². The van der Waals surface area contributed by atoms with Gasteiger partial charge in [0.1, 0.15) is 5.75 Å². The molecule has 0 amide bonds. The summed E-state index contributed by atoms with van der Waals surface area (Å²) in [6, 6.07) is 11.9. The Kier molecular flexibility index (Phi) is 6.98. The zero-order chi connectivity index (χ0) is 20.1.